The summed E-state index contributed by atoms with van der Waals surface area (Å²) in [6.45, 7) is 1.89. The van der Waals surface area contributed by atoms with Gasteiger partial charge in [0.2, 0.25) is 5.91 Å². The van der Waals surface area contributed by atoms with Gasteiger partial charge in [0.05, 0.1) is 59.4 Å². The van der Waals surface area contributed by atoms with Crippen LogP contribution in [0.15, 0.2) is 95.8 Å². The molecule has 2 unspecified atom stereocenters. The highest BCUT2D eigenvalue weighted by Crippen LogP contribution is 2.34. The summed E-state index contributed by atoms with van der Waals surface area (Å²) in [5.74, 6) is 5.77. The second-order valence-corrected chi connectivity index (χ2v) is 11.8. The van der Waals surface area contributed by atoms with Crippen LogP contribution in [0.25, 0.3) is 28.2 Å². The van der Waals surface area contributed by atoms with Gasteiger partial charge in [-0.2, -0.15) is 5.10 Å². The Balaban J connectivity index is 1.43. The maximum absolute atomic E-state index is 13.8. The number of amides is 1. The number of aromatic nitrogens is 6. The van der Waals surface area contributed by atoms with Crippen molar-refractivity contribution in [3.05, 3.63) is 112 Å². The van der Waals surface area contributed by atoms with E-state index in [-0.39, 0.29) is 22.5 Å². The quantitative estimate of drug-likeness (QED) is 0.131. The molecule has 1 amide bonds. The van der Waals surface area contributed by atoms with Crippen molar-refractivity contribution < 1.29 is 4.79 Å². The van der Waals surface area contributed by atoms with E-state index in [2.05, 4.69) is 20.3 Å². The Labute approximate surface area is 274 Å². The molecule has 0 saturated heterocycles. The minimum absolute atomic E-state index is 0.0215. The van der Waals surface area contributed by atoms with Gasteiger partial charge in [-0.3, -0.25) is 29.1 Å². The van der Waals surface area contributed by atoms with E-state index in [0.717, 1.165) is 11.3 Å². The van der Waals surface area contributed by atoms with Crippen molar-refractivity contribution in [2.75, 3.05) is 10.3 Å². The van der Waals surface area contributed by atoms with Crippen molar-refractivity contribution in [2.24, 2.45) is 17.5 Å². The average molecular weight is 658 g/mol. The van der Waals surface area contributed by atoms with Crippen LogP contribution in [-0.4, -0.2) is 35.2 Å². The van der Waals surface area contributed by atoms with Gasteiger partial charge in [-0.1, -0.05) is 36.5 Å². The van der Waals surface area contributed by atoms with E-state index in [1.165, 1.54) is 23.6 Å². The Morgan fingerprint density at radius 1 is 1.11 bits per heavy atom. The zero-order valence-electron chi connectivity index (χ0n) is 24.7. The lowest BCUT2D eigenvalue weighted by Crippen LogP contribution is -2.28. The summed E-state index contributed by atoms with van der Waals surface area (Å²) in [6, 6.07) is 13.4. The van der Waals surface area contributed by atoms with Crippen molar-refractivity contribution in [1.29, 1.82) is 0 Å². The van der Waals surface area contributed by atoms with Crippen molar-refractivity contribution in [3.63, 3.8) is 0 Å². The van der Waals surface area contributed by atoms with Crippen LogP contribution in [0.1, 0.15) is 37.9 Å². The molecule has 5 heterocycles. The summed E-state index contributed by atoms with van der Waals surface area (Å²) < 4.78 is 3.24. The van der Waals surface area contributed by atoms with Gasteiger partial charge < -0.3 is 11.1 Å². The molecule has 1 aromatic carbocycles. The number of hydrogen-bond donors (Lipinski definition) is 3. The Morgan fingerprint density at radius 2 is 1.96 bits per heavy atom. The highest BCUT2D eigenvalue weighted by molar-refractivity contribution is 6.31. The molecule has 2 bridgehead atoms. The van der Waals surface area contributed by atoms with E-state index in [9.17, 15) is 9.59 Å². The summed E-state index contributed by atoms with van der Waals surface area (Å²) in [6.07, 6.45) is 11.5. The zero-order chi connectivity index (χ0) is 32.4. The van der Waals surface area contributed by atoms with Gasteiger partial charge >= 0.3 is 0 Å². The number of rotatable bonds is 5. The van der Waals surface area contributed by atoms with E-state index in [0.29, 0.717) is 58.3 Å². The van der Waals surface area contributed by atoms with Crippen LogP contribution in [0.5, 0.6) is 0 Å². The summed E-state index contributed by atoms with van der Waals surface area (Å²) in [4.78, 5) is 40.5. The number of carbonyl (C=O) groups excluding carboxylic acids is 1. The van der Waals surface area contributed by atoms with E-state index in [1.807, 2.05) is 31.2 Å². The molecule has 1 aliphatic rings. The molecule has 46 heavy (non-hydrogen) atoms. The fourth-order valence-electron chi connectivity index (χ4n) is 5.44. The number of hydrogen-bond acceptors (Lipinski definition) is 9. The maximum atomic E-state index is 13.8. The van der Waals surface area contributed by atoms with Crippen LogP contribution in [0.4, 0.5) is 11.4 Å². The summed E-state index contributed by atoms with van der Waals surface area (Å²) in [7, 11) is 0. The van der Waals surface area contributed by atoms with Gasteiger partial charge in [0.1, 0.15) is 10.9 Å². The molecule has 0 saturated carbocycles. The van der Waals surface area contributed by atoms with E-state index < -0.39 is 6.04 Å². The second-order valence-electron chi connectivity index (χ2n) is 11.0. The Bertz CT molecular complexity index is 1990. The first-order chi connectivity index (χ1) is 22.2. The van der Waals surface area contributed by atoms with E-state index >= 15 is 0 Å². The lowest BCUT2D eigenvalue weighted by molar-refractivity contribution is -0.119. The lowest BCUT2D eigenvalue weighted by atomic mass is 9.97. The molecular weight excluding hydrogens is 627 g/mol. The standard InChI is InChI=1S/C32H30Cl2N10O2/c1-19-4-2-6-28(42-18-39-24(14-30(42)45)23-13-21(33)7-8-27(23)43(36)17-29(34)35)25-12-20(9-11-38-25)31-26(40-32(19)46)16-44(41-31)22-5-3-10-37-15-22/h3,5,7-19,28H,2,4,6,35-36H2,1H3,(H,40,46)/b29-17-. The number of carbonyl (C=O) groups is 1. The molecule has 5 aromatic rings. The molecule has 5 N–H and O–H groups in total. The molecule has 0 aliphatic carbocycles. The number of benzene rings is 1. The van der Waals surface area contributed by atoms with Gasteiger partial charge in [-0.25, -0.2) is 15.5 Å². The SMILES string of the molecule is CC1CCCC(n2cnc(-c3cc(Cl)ccc3N(N)/C=C(\N)Cl)cc2=O)c2cc(ccn2)-c2nn(-c3cccnc3)cc2NC1=O. The minimum Gasteiger partial charge on any atom is -0.388 e. The minimum atomic E-state index is -0.462. The highest BCUT2D eigenvalue weighted by atomic mass is 35.5. The van der Waals surface area contributed by atoms with E-state index in [1.54, 1.807) is 52.2 Å². The Hall–Kier alpha value is -5.04. The number of fused-ring (bicyclic) bond motifs is 4. The molecule has 4 aromatic heterocycles. The number of pyridine rings is 2. The van der Waals surface area contributed by atoms with Crippen molar-refractivity contribution in [3.8, 4) is 28.2 Å². The molecule has 6 rings (SSSR count). The third kappa shape index (κ3) is 6.50. The molecular formula is C32H30Cl2N10O2. The zero-order valence-corrected chi connectivity index (χ0v) is 26.2. The Kier molecular flexibility index (Phi) is 8.84. The topological polar surface area (TPSA) is 163 Å². The number of anilines is 2. The van der Waals surface area contributed by atoms with Crippen molar-refractivity contribution >= 4 is 40.5 Å². The summed E-state index contributed by atoms with van der Waals surface area (Å²) in [5.41, 5.74) is 9.95. The summed E-state index contributed by atoms with van der Waals surface area (Å²) >= 11 is 12.1. The van der Waals surface area contributed by atoms with Crippen molar-refractivity contribution in [2.45, 2.75) is 32.2 Å². The molecule has 0 fully saturated rings. The van der Waals surface area contributed by atoms with Crippen LogP contribution in [0, 0.1) is 5.92 Å². The smallest absolute Gasteiger partial charge is 0.254 e. The predicted molar refractivity (Wildman–Crippen MR) is 178 cm³/mol. The molecule has 2 atom stereocenters. The average Bonchev–Trinajstić information content (AvgIpc) is 3.46. The number of nitrogens with one attached hydrogen (secondary N) is 1. The van der Waals surface area contributed by atoms with Crippen LogP contribution in [-0.2, 0) is 4.79 Å². The molecule has 0 radical (unpaired) electrons. The van der Waals surface area contributed by atoms with Gasteiger partial charge in [0.15, 0.2) is 0 Å². The largest absolute Gasteiger partial charge is 0.388 e. The molecule has 0 spiro atoms. The van der Waals surface area contributed by atoms with Crippen LogP contribution in [0.2, 0.25) is 5.02 Å². The van der Waals surface area contributed by atoms with Gasteiger partial charge in [-0.15, -0.1) is 0 Å². The Morgan fingerprint density at radius 3 is 2.72 bits per heavy atom. The predicted octanol–water partition coefficient (Wildman–Crippen LogP) is 5.23. The fourth-order valence-corrected chi connectivity index (χ4v) is 5.72. The number of halogens is 2. The number of nitrogens with zero attached hydrogens (tertiary/aromatic N) is 7. The summed E-state index contributed by atoms with van der Waals surface area (Å²) in [5, 5.41) is 9.51. The monoisotopic (exact) mass is 656 g/mol. The normalized spacial score (nSPS) is 17.0. The van der Waals surface area contributed by atoms with Crippen LogP contribution in [0.3, 0.4) is 0 Å². The number of nitrogens with two attached hydrogens (primary N) is 2. The second kappa shape index (κ2) is 13.1. The van der Waals surface area contributed by atoms with Gasteiger partial charge in [0, 0.05) is 40.5 Å². The highest BCUT2D eigenvalue weighted by Gasteiger charge is 2.24. The third-order valence-corrected chi connectivity index (χ3v) is 8.12. The number of hydrazine groups is 1. The van der Waals surface area contributed by atoms with E-state index in [4.69, 9.17) is 39.9 Å². The molecule has 1 aliphatic heterocycles. The third-order valence-electron chi connectivity index (χ3n) is 7.79. The van der Waals surface area contributed by atoms with Crippen LogP contribution >= 0.6 is 23.2 Å². The first-order valence-electron chi connectivity index (χ1n) is 14.5. The molecule has 234 valence electrons. The fraction of sp³-hybridized carbons (Fsp3) is 0.188. The lowest BCUT2D eigenvalue weighted by Gasteiger charge is -2.22. The first kappa shape index (κ1) is 31.0. The molecule has 14 heteroatoms. The maximum Gasteiger partial charge on any atom is 0.254 e. The van der Waals surface area contributed by atoms with Gasteiger partial charge in [-0.05, 0) is 55.3 Å². The van der Waals surface area contributed by atoms with Gasteiger partial charge in [0.25, 0.3) is 5.56 Å². The van der Waals surface area contributed by atoms with Crippen LogP contribution < -0.4 is 27.5 Å². The first-order valence-corrected chi connectivity index (χ1v) is 15.3. The molecule has 12 nitrogen and oxygen atoms in total. The van der Waals surface area contributed by atoms with Crippen molar-refractivity contribution in [1.82, 2.24) is 29.3 Å².